The van der Waals surface area contributed by atoms with E-state index in [-0.39, 0.29) is 0 Å². The first-order valence-corrected chi connectivity index (χ1v) is 7.30. The van der Waals surface area contributed by atoms with Crippen LogP contribution in [0.5, 0.6) is 0 Å². The molecule has 0 bridgehead atoms. The average Bonchev–Trinajstić information content (AvgIpc) is 2.48. The summed E-state index contributed by atoms with van der Waals surface area (Å²) in [5.41, 5.74) is 9.84. The highest BCUT2D eigenvalue weighted by Gasteiger charge is 2.16. The summed E-state index contributed by atoms with van der Waals surface area (Å²) in [6, 6.07) is 10.4. The summed E-state index contributed by atoms with van der Waals surface area (Å²) in [5.74, 6) is 0.751. The van der Waals surface area contributed by atoms with Gasteiger partial charge < -0.3 is 10.6 Å². The molecule has 110 valence electrons. The lowest BCUT2D eigenvalue weighted by Gasteiger charge is -2.22. The Labute approximate surface area is 131 Å². The maximum atomic E-state index is 5.87. The predicted octanol–water partition coefficient (Wildman–Crippen LogP) is 2.41. The van der Waals surface area contributed by atoms with Crippen LogP contribution in [-0.4, -0.2) is 28.8 Å². The third-order valence-corrected chi connectivity index (χ3v) is 3.83. The number of nitrogens with two attached hydrogens (primary N) is 1. The number of anilines is 1. The van der Waals surface area contributed by atoms with Crippen LogP contribution in [0.4, 0.5) is 5.82 Å². The van der Waals surface area contributed by atoms with Crippen LogP contribution >= 0.6 is 12.2 Å². The van der Waals surface area contributed by atoms with E-state index < -0.39 is 0 Å². The van der Waals surface area contributed by atoms with Crippen LogP contribution in [0.1, 0.15) is 22.4 Å². The van der Waals surface area contributed by atoms with Gasteiger partial charge in [0.05, 0.1) is 11.3 Å². The number of likely N-dealkylation sites (N-methyl/N-ethyl adjacent to an activating group) is 1. The van der Waals surface area contributed by atoms with Gasteiger partial charge in [0.1, 0.15) is 4.99 Å². The number of hydrogen-bond donors (Lipinski definition) is 1. The van der Waals surface area contributed by atoms with Crippen LogP contribution in [0.25, 0.3) is 0 Å². The molecule has 0 unspecified atom stereocenters. The molecule has 0 radical (unpaired) electrons. The summed E-state index contributed by atoms with van der Waals surface area (Å²) in [5, 5.41) is 8.47. The Kier molecular flexibility index (Phi) is 4.85. The third kappa shape index (κ3) is 3.55. The predicted molar refractivity (Wildman–Crippen MR) is 90.8 cm³/mol. The molecule has 0 aliphatic rings. The van der Waals surface area contributed by atoms with Crippen molar-refractivity contribution in [2.45, 2.75) is 20.3 Å². The van der Waals surface area contributed by atoms with Crippen molar-refractivity contribution in [1.82, 2.24) is 10.2 Å². The van der Waals surface area contributed by atoms with Gasteiger partial charge in [-0.3, -0.25) is 0 Å². The summed E-state index contributed by atoms with van der Waals surface area (Å²) in [6.45, 7) is 4.72. The maximum Gasteiger partial charge on any atom is 0.161 e. The van der Waals surface area contributed by atoms with E-state index in [0.717, 1.165) is 35.6 Å². The number of thiocarbonyl (C=S) groups is 1. The quantitative estimate of drug-likeness (QED) is 0.859. The average molecular weight is 300 g/mol. The van der Waals surface area contributed by atoms with Gasteiger partial charge in [-0.1, -0.05) is 42.5 Å². The van der Waals surface area contributed by atoms with Gasteiger partial charge in [0.25, 0.3) is 0 Å². The molecular formula is C16H20N4S. The van der Waals surface area contributed by atoms with E-state index in [1.165, 1.54) is 5.56 Å². The van der Waals surface area contributed by atoms with Crippen LogP contribution < -0.4 is 10.6 Å². The highest BCUT2D eigenvalue weighted by molar-refractivity contribution is 7.80. The maximum absolute atomic E-state index is 5.87. The van der Waals surface area contributed by atoms with Gasteiger partial charge in [-0.15, -0.1) is 5.10 Å². The van der Waals surface area contributed by atoms with Crippen molar-refractivity contribution in [3.63, 3.8) is 0 Å². The summed E-state index contributed by atoms with van der Waals surface area (Å²) in [6.07, 6.45) is 0.933. The van der Waals surface area contributed by atoms with Gasteiger partial charge in [-0.2, -0.15) is 5.10 Å². The lowest BCUT2D eigenvalue weighted by Crippen LogP contribution is -2.27. The van der Waals surface area contributed by atoms with E-state index in [0.29, 0.717) is 4.99 Å². The van der Waals surface area contributed by atoms with Crippen molar-refractivity contribution in [1.29, 1.82) is 0 Å². The number of nitrogens with zero attached hydrogens (tertiary/aromatic N) is 3. The van der Waals surface area contributed by atoms with Crippen molar-refractivity contribution in [3.8, 4) is 0 Å². The highest BCUT2D eigenvalue weighted by atomic mass is 32.1. The number of aromatic nitrogens is 2. The Morgan fingerprint density at radius 2 is 1.86 bits per heavy atom. The lowest BCUT2D eigenvalue weighted by molar-refractivity contribution is 0.827. The lowest BCUT2D eigenvalue weighted by atomic mass is 10.1. The number of aryl methyl sites for hydroxylation is 1. The van der Waals surface area contributed by atoms with Crippen LogP contribution in [-0.2, 0) is 6.42 Å². The van der Waals surface area contributed by atoms with Crippen molar-refractivity contribution < 1.29 is 0 Å². The molecule has 2 aromatic rings. The standard InChI is InChI=1S/C16H20N4S/c1-11-12(2)18-19-16(14(11)15(17)21)20(3)10-9-13-7-5-4-6-8-13/h4-8H,9-10H2,1-3H3,(H2,17,21). The zero-order chi connectivity index (χ0) is 15.4. The van der Waals surface area contributed by atoms with Gasteiger partial charge >= 0.3 is 0 Å². The van der Waals surface area contributed by atoms with Gasteiger partial charge in [0, 0.05) is 13.6 Å². The normalized spacial score (nSPS) is 10.4. The molecule has 0 atom stereocenters. The molecule has 2 rings (SSSR count). The van der Waals surface area contributed by atoms with Gasteiger partial charge in [-0.05, 0) is 31.4 Å². The Bertz CT molecular complexity index is 640. The van der Waals surface area contributed by atoms with Gasteiger partial charge in [0.2, 0.25) is 0 Å². The molecule has 5 heteroatoms. The first kappa shape index (κ1) is 15.4. The van der Waals surface area contributed by atoms with Gasteiger partial charge in [0.15, 0.2) is 5.82 Å². The summed E-state index contributed by atoms with van der Waals surface area (Å²) >= 11 is 5.18. The Morgan fingerprint density at radius 3 is 2.48 bits per heavy atom. The molecule has 0 aliphatic heterocycles. The smallest absolute Gasteiger partial charge is 0.161 e. The molecular weight excluding hydrogens is 280 g/mol. The molecule has 0 spiro atoms. The fourth-order valence-corrected chi connectivity index (χ4v) is 2.45. The van der Waals surface area contributed by atoms with Crippen LogP contribution in [0.15, 0.2) is 30.3 Å². The molecule has 0 amide bonds. The molecule has 1 heterocycles. The fourth-order valence-electron chi connectivity index (χ4n) is 2.21. The second-order valence-electron chi connectivity index (χ2n) is 5.13. The number of benzene rings is 1. The van der Waals surface area contributed by atoms with E-state index in [9.17, 15) is 0 Å². The van der Waals surface area contributed by atoms with Crippen LogP contribution in [0.3, 0.4) is 0 Å². The van der Waals surface area contributed by atoms with Crippen molar-refractivity contribution in [2.75, 3.05) is 18.5 Å². The monoisotopic (exact) mass is 300 g/mol. The first-order chi connectivity index (χ1) is 10.0. The minimum absolute atomic E-state index is 0.368. The summed E-state index contributed by atoms with van der Waals surface area (Å²) in [4.78, 5) is 2.42. The van der Waals surface area contributed by atoms with Gasteiger partial charge in [-0.25, -0.2) is 0 Å². The van der Waals surface area contributed by atoms with Crippen molar-refractivity contribution >= 4 is 23.0 Å². The summed E-state index contributed by atoms with van der Waals surface area (Å²) in [7, 11) is 1.99. The number of rotatable bonds is 5. The molecule has 4 nitrogen and oxygen atoms in total. The minimum Gasteiger partial charge on any atom is -0.389 e. The topological polar surface area (TPSA) is 55.0 Å². The highest BCUT2D eigenvalue weighted by Crippen LogP contribution is 2.21. The third-order valence-electron chi connectivity index (χ3n) is 3.62. The molecule has 1 aromatic carbocycles. The first-order valence-electron chi connectivity index (χ1n) is 6.89. The molecule has 2 N–H and O–H groups in total. The SMILES string of the molecule is Cc1nnc(N(C)CCc2ccccc2)c(C(N)=S)c1C. The molecule has 0 fully saturated rings. The Balaban J connectivity index is 2.21. The van der Waals surface area contributed by atoms with E-state index in [4.69, 9.17) is 18.0 Å². The largest absolute Gasteiger partial charge is 0.389 e. The second kappa shape index (κ2) is 6.63. The van der Waals surface area contributed by atoms with Crippen molar-refractivity contribution in [3.05, 3.63) is 52.7 Å². The number of hydrogen-bond acceptors (Lipinski definition) is 4. The molecule has 1 aromatic heterocycles. The zero-order valence-corrected chi connectivity index (χ0v) is 13.4. The minimum atomic E-state index is 0.368. The van der Waals surface area contributed by atoms with Crippen molar-refractivity contribution in [2.24, 2.45) is 5.73 Å². The van der Waals surface area contributed by atoms with E-state index in [1.807, 2.05) is 39.1 Å². The van der Waals surface area contributed by atoms with E-state index in [2.05, 4.69) is 27.2 Å². The van der Waals surface area contributed by atoms with E-state index in [1.54, 1.807) is 0 Å². The Hall–Kier alpha value is -2.01. The Morgan fingerprint density at radius 1 is 1.19 bits per heavy atom. The van der Waals surface area contributed by atoms with E-state index >= 15 is 0 Å². The fraction of sp³-hybridized carbons (Fsp3) is 0.312. The molecule has 0 saturated heterocycles. The zero-order valence-electron chi connectivity index (χ0n) is 12.6. The molecule has 0 saturated carbocycles. The molecule has 21 heavy (non-hydrogen) atoms. The molecule has 0 aliphatic carbocycles. The van der Waals surface area contributed by atoms with Crippen LogP contribution in [0, 0.1) is 13.8 Å². The second-order valence-corrected chi connectivity index (χ2v) is 5.57. The van der Waals surface area contributed by atoms with Crippen LogP contribution in [0.2, 0.25) is 0 Å². The summed E-state index contributed by atoms with van der Waals surface area (Å²) < 4.78 is 0.